The van der Waals surface area contributed by atoms with Crippen LogP contribution in [0.15, 0.2) is 0 Å². The van der Waals surface area contributed by atoms with E-state index in [-0.39, 0.29) is 11.9 Å². The van der Waals surface area contributed by atoms with Gasteiger partial charge in [0.1, 0.15) is 5.41 Å². The predicted octanol–water partition coefficient (Wildman–Crippen LogP) is 2.33. The average molecular weight is 240 g/mol. The van der Waals surface area contributed by atoms with Crippen LogP contribution in [0.3, 0.4) is 0 Å². The van der Waals surface area contributed by atoms with Crippen molar-refractivity contribution in [2.75, 3.05) is 11.5 Å². The number of carbonyl (C=O) groups is 1. The van der Waals surface area contributed by atoms with E-state index in [1.165, 1.54) is 0 Å². The van der Waals surface area contributed by atoms with Crippen molar-refractivity contribution in [2.24, 2.45) is 5.41 Å². The molecule has 0 atom stereocenters. The Morgan fingerprint density at radius 3 is 2.44 bits per heavy atom. The molecule has 1 amide bonds. The quantitative estimate of drug-likeness (QED) is 0.820. The topological polar surface area (TPSA) is 52.9 Å². The van der Waals surface area contributed by atoms with E-state index in [2.05, 4.69) is 11.4 Å². The van der Waals surface area contributed by atoms with Crippen LogP contribution in [0, 0.1) is 16.7 Å². The first-order valence-electron chi connectivity index (χ1n) is 5.98. The van der Waals surface area contributed by atoms with Gasteiger partial charge in [0, 0.05) is 6.04 Å². The highest BCUT2D eigenvalue weighted by Gasteiger charge is 2.36. The lowest BCUT2D eigenvalue weighted by Gasteiger charge is -2.28. The van der Waals surface area contributed by atoms with Crippen LogP contribution in [0.4, 0.5) is 0 Å². The molecule has 1 fully saturated rings. The van der Waals surface area contributed by atoms with Gasteiger partial charge in [-0.05, 0) is 37.2 Å². The molecular weight excluding hydrogens is 220 g/mol. The minimum atomic E-state index is -0.815. The monoisotopic (exact) mass is 240 g/mol. The second-order valence-electron chi connectivity index (χ2n) is 4.26. The third-order valence-electron chi connectivity index (χ3n) is 3.41. The number of rotatable bonds is 4. The molecule has 1 saturated heterocycles. The first kappa shape index (κ1) is 13.4. The molecule has 0 aromatic rings. The highest BCUT2D eigenvalue weighted by Crippen LogP contribution is 2.26. The summed E-state index contributed by atoms with van der Waals surface area (Å²) in [6.07, 6.45) is 3.25. The van der Waals surface area contributed by atoms with Crippen LogP contribution in [0.25, 0.3) is 0 Å². The minimum Gasteiger partial charge on any atom is -0.352 e. The van der Waals surface area contributed by atoms with E-state index in [0.717, 1.165) is 24.3 Å². The summed E-state index contributed by atoms with van der Waals surface area (Å²) in [7, 11) is 0. The zero-order valence-electron chi connectivity index (χ0n) is 10.1. The molecule has 0 radical (unpaired) electrons. The molecule has 0 bridgehead atoms. The van der Waals surface area contributed by atoms with Crippen molar-refractivity contribution in [3.63, 3.8) is 0 Å². The highest BCUT2D eigenvalue weighted by molar-refractivity contribution is 7.99. The van der Waals surface area contributed by atoms with Crippen molar-refractivity contribution in [1.82, 2.24) is 5.32 Å². The zero-order chi connectivity index (χ0) is 12.0. The van der Waals surface area contributed by atoms with Gasteiger partial charge in [0.15, 0.2) is 0 Å². The van der Waals surface area contributed by atoms with Crippen LogP contribution < -0.4 is 5.32 Å². The maximum atomic E-state index is 12.1. The number of carbonyl (C=O) groups excluding carboxylic acids is 1. The summed E-state index contributed by atoms with van der Waals surface area (Å²) >= 11 is 1.93. The number of nitriles is 1. The number of nitrogens with one attached hydrogen (secondary N) is 1. The van der Waals surface area contributed by atoms with Gasteiger partial charge in [-0.1, -0.05) is 13.8 Å². The smallest absolute Gasteiger partial charge is 0.240 e. The van der Waals surface area contributed by atoms with E-state index in [0.29, 0.717) is 12.8 Å². The van der Waals surface area contributed by atoms with Gasteiger partial charge in [0.2, 0.25) is 5.91 Å². The van der Waals surface area contributed by atoms with E-state index < -0.39 is 5.41 Å². The molecule has 1 N–H and O–H groups in total. The lowest BCUT2D eigenvalue weighted by molar-refractivity contribution is -0.129. The van der Waals surface area contributed by atoms with Gasteiger partial charge < -0.3 is 5.32 Å². The average Bonchev–Trinajstić information content (AvgIpc) is 2.33. The van der Waals surface area contributed by atoms with Crippen molar-refractivity contribution in [1.29, 1.82) is 5.26 Å². The summed E-state index contributed by atoms with van der Waals surface area (Å²) in [6.45, 7) is 3.81. The van der Waals surface area contributed by atoms with Crippen LogP contribution in [0.1, 0.15) is 39.5 Å². The molecule has 1 aliphatic heterocycles. The predicted molar refractivity (Wildman–Crippen MR) is 67.1 cm³/mol. The first-order valence-corrected chi connectivity index (χ1v) is 7.14. The fourth-order valence-corrected chi connectivity index (χ4v) is 3.05. The largest absolute Gasteiger partial charge is 0.352 e. The van der Waals surface area contributed by atoms with Gasteiger partial charge in [0.25, 0.3) is 0 Å². The van der Waals surface area contributed by atoms with E-state index in [9.17, 15) is 4.79 Å². The normalized spacial score (nSPS) is 17.8. The summed E-state index contributed by atoms with van der Waals surface area (Å²) in [5.41, 5.74) is -0.815. The summed E-state index contributed by atoms with van der Waals surface area (Å²) < 4.78 is 0. The van der Waals surface area contributed by atoms with Crippen molar-refractivity contribution in [2.45, 2.75) is 45.6 Å². The third-order valence-corrected chi connectivity index (χ3v) is 4.46. The lowest BCUT2D eigenvalue weighted by atomic mass is 9.82. The molecule has 0 aromatic carbocycles. The number of nitrogens with zero attached hydrogens (tertiary/aromatic N) is 1. The molecule has 1 heterocycles. The van der Waals surface area contributed by atoms with Gasteiger partial charge in [-0.25, -0.2) is 0 Å². The Kier molecular flexibility index (Phi) is 5.14. The Balaban J connectivity index is 2.58. The SMILES string of the molecule is CCC(C#N)(CC)C(=O)NC1CCSCC1. The number of hydrogen-bond acceptors (Lipinski definition) is 3. The molecule has 1 rings (SSSR count). The van der Waals surface area contributed by atoms with Crippen molar-refractivity contribution >= 4 is 17.7 Å². The van der Waals surface area contributed by atoms with E-state index >= 15 is 0 Å². The molecule has 16 heavy (non-hydrogen) atoms. The fourth-order valence-electron chi connectivity index (χ4n) is 1.95. The lowest BCUT2D eigenvalue weighted by Crippen LogP contribution is -2.45. The fraction of sp³-hybridized carbons (Fsp3) is 0.833. The van der Waals surface area contributed by atoms with Crippen LogP contribution in [0.2, 0.25) is 0 Å². The third kappa shape index (κ3) is 2.91. The summed E-state index contributed by atoms with van der Waals surface area (Å²) in [4.78, 5) is 12.1. The molecule has 3 nitrogen and oxygen atoms in total. The van der Waals surface area contributed by atoms with Crippen molar-refractivity contribution < 1.29 is 4.79 Å². The van der Waals surface area contributed by atoms with Gasteiger partial charge in [0.05, 0.1) is 6.07 Å². The van der Waals surface area contributed by atoms with Crippen LogP contribution >= 0.6 is 11.8 Å². The van der Waals surface area contributed by atoms with Gasteiger partial charge in [-0.3, -0.25) is 4.79 Å². The molecule has 0 aromatic heterocycles. The zero-order valence-corrected chi connectivity index (χ0v) is 10.9. The van der Waals surface area contributed by atoms with Gasteiger partial charge in [-0.2, -0.15) is 17.0 Å². The Labute approximate surface area is 102 Å². The van der Waals surface area contributed by atoms with Crippen LogP contribution in [-0.2, 0) is 4.79 Å². The second-order valence-corrected chi connectivity index (χ2v) is 5.49. The summed E-state index contributed by atoms with van der Waals surface area (Å²) in [5, 5.41) is 12.2. The van der Waals surface area contributed by atoms with Crippen LogP contribution in [-0.4, -0.2) is 23.5 Å². The molecule has 0 unspecified atom stereocenters. The van der Waals surface area contributed by atoms with Crippen molar-refractivity contribution in [3.8, 4) is 6.07 Å². The molecule has 90 valence electrons. The minimum absolute atomic E-state index is 0.0723. The molecule has 1 aliphatic rings. The van der Waals surface area contributed by atoms with E-state index in [4.69, 9.17) is 5.26 Å². The van der Waals surface area contributed by atoms with E-state index in [1.807, 2.05) is 25.6 Å². The maximum Gasteiger partial charge on any atom is 0.240 e. The molecular formula is C12H20N2OS. The number of thioether (sulfide) groups is 1. The molecule has 0 aliphatic carbocycles. The standard InChI is InChI=1S/C12H20N2OS/c1-3-12(4-2,9-13)11(15)14-10-5-7-16-8-6-10/h10H,3-8H2,1-2H3,(H,14,15). The summed E-state index contributed by atoms with van der Waals surface area (Å²) in [5.74, 6) is 2.16. The number of amides is 1. The Morgan fingerprint density at radius 1 is 1.44 bits per heavy atom. The Bertz CT molecular complexity index is 275. The Morgan fingerprint density at radius 2 is 2.00 bits per heavy atom. The summed E-state index contributed by atoms with van der Waals surface area (Å²) in [6, 6.07) is 2.46. The second kappa shape index (κ2) is 6.15. The molecule has 4 heteroatoms. The van der Waals surface area contributed by atoms with Gasteiger partial charge >= 0.3 is 0 Å². The van der Waals surface area contributed by atoms with Crippen molar-refractivity contribution in [3.05, 3.63) is 0 Å². The highest BCUT2D eigenvalue weighted by atomic mass is 32.2. The van der Waals surface area contributed by atoms with E-state index in [1.54, 1.807) is 0 Å². The molecule has 0 spiro atoms. The van der Waals surface area contributed by atoms with Gasteiger partial charge in [-0.15, -0.1) is 0 Å². The number of hydrogen-bond donors (Lipinski definition) is 1. The Hall–Kier alpha value is -0.690. The van der Waals surface area contributed by atoms with Crippen LogP contribution in [0.5, 0.6) is 0 Å². The first-order chi connectivity index (χ1) is 7.68. The maximum absolute atomic E-state index is 12.1. The molecule has 0 saturated carbocycles.